The topological polar surface area (TPSA) is 93.5 Å². The minimum Gasteiger partial charge on any atom is -0.501 e. The van der Waals surface area contributed by atoms with Gasteiger partial charge in [0, 0.05) is 12.1 Å². The van der Waals surface area contributed by atoms with Crippen molar-refractivity contribution in [2.75, 3.05) is 6.61 Å². The van der Waals surface area contributed by atoms with Gasteiger partial charge in [-0.25, -0.2) is 9.37 Å². The molecule has 0 atom stereocenters. The molecule has 1 aromatic heterocycles. The lowest BCUT2D eigenvalue weighted by Gasteiger charge is -2.32. The third kappa shape index (κ3) is 3.17. The molecule has 138 valence electrons. The van der Waals surface area contributed by atoms with Gasteiger partial charge < -0.3 is 15.2 Å². The van der Waals surface area contributed by atoms with Crippen molar-refractivity contribution in [1.82, 2.24) is 14.9 Å². The molecular weight excluding hydrogens is 365 g/mol. The van der Waals surface area contributed by atoms with Gasteiger partial charge in [-0.3, -0.25) is 14.2 Å². The van der Waals surface area contributed by atoms with Crippen molar-refractivity contribution in [3.8, 4) is 5.75 Å². The second-order valence-electron chi connectivity index (χ2n) is 6.34. The van der Waals surface area contributed by atoms with Crippen LogP contribution in [0.4, 0.5) is 4.39 Å². The molecule has 0 aliphatic carbocycles. The van der Waals surface area contributed by atoms with E-state index in [4.69, 9.17) is 16.3 Å². The van der Waals surface area contributed by atoms with Crippen LogP contribution in [-0.2, 0) is 23.4 Å². The minimum absolute atomic E-state index is 0.0661. The van der Waals surface area contributed by atoms with Crippen LogP contribution in [0.5, 0.6) is 5.75 Å². The number of aromatic hydroxyl groups is 1. The van der Waals surface area contributed by atoms with Crippen LogP contribution < -0.4 is 10.9 Å². The Balaban J connectivity index is 1.92. The summed E-state index contributed by atoms with van der Waals surface area (Å²) in [7, 11) is 0. The highest BCUT2D eigenvalue weighted by atomic mass is 35.5. The number of fused-ring (bicyclic) bond motifs is 1. The number of ether oxygens (including phenoxy) is 1. The van der Waals surface area contributed by atoms with Crippen LogP contribution in [0.1, 0.15) is 35.7 Å². The average molecular weight is 382 g/mol. The molecule has 2 N–H and O–H groups in total. The molecule has 0 fully saturated rings. The number of aromatic nitrogens is 2. The van der Waals surface area contributed by atoms with Crippen molar-refractivity contribution in [1.29, 1.82) is 0 Å². The lowest BCUT2D eigenvalue weighted by atomic mass is 10.1. The number of benzene rings is 1. The lowest BCUT2D eigenvalue weighted by molar-refractivity contribution is -0.0566. The first-order chi connectivity index (χ1) is 12.2. The van der Waals surface area contributed by atoms with E-state index < -0.39 is 34.3 Å². The Morgan fingerprint density at radius 2 is 2.23 bits per heavy atom. The van der Waals surface area contributed by atoms with Crippen LogP contribution in [-0.4, -0.2) is 27.2 Å². The Morgan fingerprint density at radius 1 is 1.50 bits per heavy atom. The summed E-state index contributed by atoms with van der Waals surface area (Å²) in [5.74, 6) is -1.96. The molecule has 1 amide bonds. The summed E-state index contributed by atoms with van der Waals surface area (Å²) in [5, 5.41) is 12.5. The van der Waals surface area contributed by atoms with Crippen LogP contribution >= 0.6 is 11.6 Å². The van der Waals surface area contributed by atoms with E-state index in [1.807, 2.05) is 0 Å². The van der Waals surface area contributed by atoms with Gasteiger partial charge in [0.05, 0.1) is 18.2 Å². The minimum atomic E-state index is -0.890. The van der Waals surface area contributed by atoms with Crippen molar-refractivity contribution in [3.05, 3.63) is 56.5 Å². The van der Waals surface area contributed by atoms with E-state index >= 15 is 0 Å². The zero-order valence-corrected chi connectivity index (χ0v) is 14.9. The molecule has 0 saturated heterocycles. The molecule has 0 saturated carbocycles. The maximum Gasteiger partial charge on any atom is 0.296 e. The van der Waals surface area contributed by atoms with Gasteiger partial charge in [-0.2, -0.15) is 0 Å². The highest BCUT2D eigenvalue weighted by molar-refractivity contribution is 6.30. The predicted octanol–water partition coefficient (Wildman–Crippen LogP) is 1.94. The van der Waals surface area contributed by atoms with Gasteiger partial charge >= 0.3 is 0 Å². The summed E-state index contributed by atoms with van der Waals surface area (Å²) in [6.45, 7) is 3.77. The van der Waals surface area contributed by atoms with E-state index in [0.717, 1.165) is 0 Å². The van der Waals surface area contributed by atoms with Crippen LogP contribution in [0.15, 0.2) is 23.0 Å². The number of hydrogen-bond donors (Lipinski definition) is 2. The fourth-order valence-corrected chi connectivity index (χ4v) is 2.96. The molecular formula is C17H17ClFN3O4. The third-order valence-corrected chi connectivity index (χ3v) is 4.44. The van der Waals surface area contributed by atoms with Crippen molar-refractivity contribution in [2.45, 2.75) is 32.5 Å². The van der Waals surface area contributed by atoms with Crippen molar-refractivity contribution >= 4 is 17.5 Å². The standard InChI is InChI=1S/C17H17ClFN3O4/c1-17(2)16-21-12(13(23)15(25)22(16)6-7-26-17)14(24)20-8-9-4-3-5-10(18)11(9)19/h3-5,23H,6-8H2,1-2H3,(H,20,24). The first-order valence-corrected chi connectivity index (χ1v) is 8.29. The monoisotopic (exact) mass is 381 g/mol. The fourth-order valence-electron chi connectivity index (χ4n) is 2.77. The van der Waals surface area contributed by atoms with Crippen molar-refractivity contribution in [2.24, 2.45) is 0 Å². The number of carbonyl (C=O) groups excluding carboxylic acids is 1. The summed E-state index contributed by atoms with van der Waals surface area (Å²) in [6, 6.07) is 4.41. The molecule has 0 spiro atoms. The molecule has 1 aliphatic rings. The highest BCUT2D eigenvalue weighted by Gasteiger charge is 2.34. The SMILES string of the molecule is CC1(C)OCCn2c1nc(C(=O)NCc1cccc(Cl)c1F)c(O)c2=O. The Bertz CT molecular complexity index is 942. The number of carbonyl (C=O) groups is 1. The molecule has 9 heteroatoms. The van der Waals surface area contributed by atoms with Gasteiger partial charge in [-0.15, -0.1) is 0 Å². The Morgan fingerprint density at radius 3 is 2.96 bits per heavy atom. The number of rotatable bonds is 3. The summed E-state index contributed by atoms with van der Waals surface area (Å²) >= 11 is 5.70. The van der Waals surface area contributed by atoms with Crippen molar-refractivity contribution in [3.63, 3.8) is 0 Å². The number of nitrogens with zero attached hydrogens (tertiary/aromatic N) is 2. The molecule has 7 nitrogen and oxygen atoms in total. The Labute approximate surface area is 153 Å². The van der Waals surface area contributed by atoms with Gasteiger partial charge in [-0.1, -0.05) is 23.7 Å². The third-order valence-electron chi connectivity index (χ3n) is 4.15. The molecule has 0 bridgehead atoms. The van der Waals surface area contributed by atoms with E-state index in [2.05, 4.69) is 10.3 Å². The fraction of sp³-hybridized carbons (Fsp3) is 0.353. The number of halogens is 2. The summed E-state index contributed by atoms with van der Waals surface area (Å²) in [6.07, 6.45) is 0. The lowest BCUT2D eigenvalue weighted by Crippen LogP contribution is -2.42. The van der Waals surface area contributed by atoms with Crippen LogP contribution in [0.2, 0.25) is 5.02 Å². The van der Waals surface area contributed by atoms with Gasteiger partial charge in [0.25, 0.3) is 11.5 Å². The zero-order valence-electron chi connectivity index (χ0n) is 14.2. The van der Waals surface area contributed by atoms with Gasteiger partial charge in [-0.05, 0) is 19.9 Å². The van der Waals surface area contributed by atoms with E-state index in [9.17, 15) is 19.1 Å². The van der Waals surface area contributed by atoms with E-state index in [0.29, 0.717) is 6.61 Å². The zero-order chi connectivity index (χ0) is 19.1. The van der Waals surface area contributed by atoms with Gasteiger partial charge in [0.2, 0.25) is 5.75 Å². The molecule has 2 heterocycles. The smallest absolute Gasteiger partial charge is 0.296 e. The average Bonchev–Trinajstić information content (AvgIpc) is 2.59. The molecule has 0 radical (unpaired) electrons. The second kappa shape index (κ2) is 6.69. The van der Waals surface area contributed by atoms with E-state index in [1.54, 1.807) is 19.9 Å². The van der Waals surface area contributed by atoms with Crippen molar-refractivity contribution < 1.29 is 19.0 Å². The van der Waals surface area contributed by atoms with E-state index in [1.165, 1.54) is 16.7 Å². The number of amides is 1. The summed E-state index contributed by atoms with van der Waals surface area (Å²) in [4.78, 5) is 28.9. The van der Waals surface area contributed by atoms with Crippen LogP contribution in [0.3, 0.4) is 0 Å². The normalized spacial score (nSPS) is 15.4. The maximum atomic E-state index is 13.9. The molecule has 1 aliphatic heterocycles. The Hall–Kier alpha value is -2.45. The molecule has 3 rings (SSSR count). The molecule has 26 heavy (non-hydrogen) atoms. The number of hydrogen-bond acceptors (Lipinski definition) is 5. The quantitative estimate of drug-likeness (QED) is 0.847. The van der Waals surface area contributed by atoms with Crippen LogP contribution in [0.25, 0.3) is 0 Å². The van der Waals surface area contributed by atoms with Gasteiger partial charge in [0.15, 0.2) is 5.69 Å². The number of nitrogens with one attached hydrogen (secondary N) is 1. The van der Waals surface area contributed by atoms with E-state index in [-0.39, 0.29) is 29.5 Å². The predicted molar refractivity (Wildman–Crippen MR) is 91.7 cm³/mol. The van der Waals surface area contributed by atoms with Gasteiger partial charge in [0.1, 0.15) is 17.2 Å². The first kappa shape index (κ1) is 18.3. The second-order valence-corrected chi connectivity index (χ2v) is 6.75. The molecule has 1 aromatic carbocycles. The largest absolute Gasteiger partial charge is 0.501 e. The highest BCUT2D eigenvalue weighted by Crippen LogP contribution is 2.27. The summed E-state index contributed by atoms with van der Waals surface area (Å²) < 4.78 is 20.8. The summed E-state index contributed by atoms with van der Waals surface area (Å²) in [5.41, 5.74) is -1.87. The van der Waals surface area contributed by atoms with Crippen LogP contribution in [0, 0.1) is 5.82 Å². The maximum absolute atomic E-state index is 13.9. The molecule has 0 unspecified atom stereocenters. The first-order valence-electron chi connectivity index (χ1n) is 7.91. The Kier molecular flexibility index (Phi) is 4.72. The molecule has 2 aromatic rings.